The SMILES string of the molecule is Cc1ccc(CN2CCNCC23CCCCC3)cn1. The highest BCUT2D eigenvalue weighted by atomic mass is 15.3. The lowest BCUT2D eigenvalue weighted by molar-refractivity contribution is 0.0208. The summed E-state index contributed by atoms with van der Waals surface area (Å²) in [5.74, 6) is 0. The third kappa shape index (κ3) is 2.82. The lowest BCUT2D eigenvalue weighted by Gasteiger charge is -2.50. The Morgan fingerprint density at radius 3 is 2.84 bits per heavy atom. The van der Waals surface area contributed by atoms with E-state index >= 15 is 0 Å². The summed E-state index contributed by atoms with van der Waals surface area (Å²) in [5.41, 5.74) is 2.88. The Balaban J connectivity index is 1.75. The van der Waals surface area contributed by atoms with Crippen LogP contribution < -0.4 is 5.32 Å². The van der Waals surface area contributed by atoms with E-state index in [1.54, 1.807) is 0 Å². The van der Waals surface area contributed by atoms with Gasteiger partial charge in [0.05, 0.1) is 0 Å². The zero-order valence-corrected chi connectivity index (χ0v) is 12.0. The molecule has 1 saturated heterocycles. The molecule has 0 unspecified atom stereocenters. The van der Waals surface area contributed by atoms with Crippen molar-refractivity contribution in [3.63, 3.8) is 0 Å². The van der Waals surface area contributed by atoms with Crippen LogP contribution in [-0.4, -0.2) is 35.1 Å². The maximum atomic E-state index is 4.44. The van der Waals surface area contributed by atoms with Crippen molar-refractivity contribution in [3.05, 3.63) is 29.6 Å². The van der Waals surface area contributed by atoms with Crippen LogP contribution in [0.4, 0.5) is 0 Å². The van der Waals surface area contributed by atoms with Gasteiger partial charge >= 0.3 is 0 Å². The molecule has 1 N–H and O–H groups in total. The number of nitrogens with zero attached hydrogens (tertiary/aromatic N) is 2. The van der Waals surface area contributed by atoms with Crippen molar-refractivity contribution in [3.8, 4) is 0 Å². The quantitative estimate of drug-likeness (QED) is 0.884. The smallest absolute Gasteiger partial charge is 0.0372 e. The predicted octanol–water partition coefficient (Wildman–Crippen LogP) is 2.50. The van der Waals surface area contributed by atoms with Crippen LogP contribution in [0.15, 0.2) is 18.3 Å². The highest BCUT2D eigenvalue weighted by molar-refractivity contribution is 5.14. The van der Waals surface area contributed by atoms with Crippen LogP contribution in [0.5, 0.6) is 0 Å². The third-order valence-corrected chi connectivity index (χ3v) is 4.81. The number of nitrogens with one attached hydrogen (secondary N) is 1. The molecule has 0 atom stereocenters. The maximum absolute atomic E-state index is 4.44. The molecule has 3 rings (SSSR count). The van der Waals surface area contributed by atoms with Crippen molar-refractivity contribution >= 4 is 0 Å². The molecule has 104 valence electrons. The van der Waals surface area contributed by atoms with Gasteiger partial charge in [0.15, 0.2) is 0 Å². The molecule has 1 saturated carbocycles. The first-order chi connectivity index (χ1) is 9.28. The van der Waals surface area contributed by atoms with Gasteiger partial charge < -0.3 is 5.32 Å². The fourth-order valence-electron chi connectivity index (χ4n) is 3.65. The molecule has 0 aromatic carbocycles. The van der Waals surface area contributed by atoms with Gasteiger partial charge in [0.1, 0.15) is 0 Å². The van der Waals surface area contributed by atoms with Gasteiger partial charge in [-0.1, -0.05) is 25.3 Å². The Hall–Kier alpha value is -0.930. The van der Waals surface area contributed by atoms with Crippen LogP contribution in [-0.2, 0) is 6.54 Å². The molecule has 1 spiro atoms. The predicted molar refractivity (Wildman–Crippen MR) is 78.1 cm³/mol. The van der Waals surface area contributed by atoms with Crippen molar-refractivity contribution in [2.24, 2.45) is 0 Å². The summed E-state index contributed by atoms with van der Waals surface area (Å²) < 4.78 is 0. The van der Waals surface area contributed by atoms with E-state index in [0.717, 1.165) is 18.8 Å². The van der Waals surface area contributed by atoms with Crippen molar-refractivity contribution in [1.29, 1.82) is 0 Å². The van der Waals surface area contributed by atoms with Crippen molar-refractivity contribution in [2.75, 3.05) is 19.6 Å². The summed E-state index contributed by atoms with van der Waals surface area (Å²) in [6.45, 7) is 6.59. The number of aromatic nitrogens is 1. The highest BCUT2D eigenvalue weighted by Crippen LogP contribution is 2.35. The Labute approximate surface area is 116 Å². The lowest BCUT2D eigenvalue weighted by Crippen LogP contribution is -2.61. The molecule has 0 radical (unpaired) electrons. The summed E-state index contributed by atoms with van der Waals surface area (Å²) >= 11 is 0. The molecule has 1 aliphatic heterocycles. The van der Waals surface area contributed by atoms with Gasteiger partial charge in [-0.3, -0.25) is 9.88 Å². The Kier molecular flexibility index (Phi) is 3.85. The van der Waals surface area contributed by atoms with Gasteiger partial charge in [-0.05, 0) is 31.4 Å². The molecule has 0 bridgehead atoms. The van der Waals surface area contributed by atoms with E-state index in [1.165, 1.54) is 50.8 Å². The summed E-state index contributed by atoms with van der Waals surface area (Å²) in [4.78, 5) is 7.15. The molecule has 2 heterocycles. The number of pyridine rings is 1. The summed E-state index contributed by atoms with van der Waals surface area (Å²) in [6, 6.07) is 4.37. The molecular weight excluding hydrogens is 234 g/mol. The average molecular weight is 259 g/mol. The highest BCUT2D eigenvalue weighted by Gasteiger charge is 2.39. The molecule has 19 heavy (non-hydrogen) atoms. The van der Waals surface area contributed by atoms with Crippen LogP contribution in [0, 0.1) is 6.92 Å². The topological polar surface area (TPSA) is 28.2 Å². The van der Waals surface area contributed by atoms with E-state index in [-0.39, 0.29) is 0 Å². The Morgan fingerprint density at radius 2 is 2.11 bits per heavy atom. The second-order valence-corrected chi connectivity index (χ2v) is 6.19. The first-order valence-corrected chi connectivity index (χ1v) is 7.66. The van der Waals surface area contributed by atoms with Crippen molar-refractivity contribution in [1.82, 2.24) is 15.2 Å². The van der Waals surface area contributed by atoms with Gasteiger partial charge in [0.25, 0.3) is 0 Å². The van der Waals surface area contributed by atoms with Gasteiger partial charge in [0, 0.05) is 43.6 Å². The minimum absolute atomic E-state index is 0.418. The second-order valence-electron chi connectivity index (χ2n) is 6.19. The van der Waals surface area contributed by atoms with E-state index in [4.69, 9.17) is 0 Å². The van der Waals surface area contributed by atoms with Crippen LogP contribution in [0.1, 0.15) is 43.4 Å². The molecule has 1 aliphatic carbocycles. The average Bonchev–Trinajstić information content (AvgIpc) is 2.45. The Bertz CT molecular complexity index is 398. The second kappa shape index (κ2) is 5.59. The lowest BCUT2D eigenvalue weighted by atomic mass is 9.79. The minimum atomic E-state index is 0.418. The largest absolute Gasteiger partial charge is 0.314 e. The molecule has 2 fully saturated rings. The fraction of sp³-hybridized carbons (Fsp3) is 0.688. The van der Waals surface area contributed by atoms with Gasteiger partial charge in [0.2, 0.25) is 0 Å². The molecule has 1 aromatic heterocycles. The van der Waals surface area contributed by atoms with Crippen molar-refractivity contribution < 1.29 is 0 Å². The molecule has 0 amide bonds. The zero-order valence-electron chi connectivity index (χ0n) is 12.0. The first-order valence-electron chi connectivity index (χ1n) is 7.66. The molecule has 1 aromatic rings. The fourth-order valence-corrected chi connectivity index (χ4v) is 3.65. The molecular formula is C16H25N3. The van der Waals surface area contributed by atoms with Crippen molar-refractivity contribution in [2.45, 2.75) is 51.1 Å². The Morgan fingerprint density at radius 1 is 1.26 bits per heavy atom. The number of rotatable bonds is 2. The first kappa shape index (κ1) is 13.1. The van der Waals surface area contributed by atoms with E-state index in [0.29, 0.717) is 5.54 Å². The standard InChI is InChI=1S/C16H25N3/c1-14-5-6-15(11-18-14)12-19-10-9-17-13-16(19)7-3-2-4-8-16/h5-6,11,17H,2-4,7-10,12-13H2,1H3. The van der Waals surface area contributed by atoms with E-state index in [2.05, 4.69) is 34.3 Å². The molecule has 2 aliphatic rings. The van der Waals surface area contributed by atoms with Gasteiger partial charge in [-0.15, -0.1) is 0 Å². The number of piperazine rings is 1. The maximum Gasteiger partial charge on any atom is 0.0372 e. The third-order valence-electron chi connectivity index (χ3n) is 4.81. The summed E-state index contributed by atoms with van der Waals surface area (Å²) in [5, 5.41) is 3.61. The zero-order chi connectivity index (χ0) is 13.1. The van der Waals surface area contributed by atoms with Crippen LogP contribution in [0.3, 0.4) is 0 Å². The van der Waals surface area contributed by atoms with Gasteiger partial charge in [-0.25, -0.2) is 0 Å². The monoisotopic (exact) mass is 259 g/mol. The number of hydrogen-bond acceptors (Lipinski definition) is 3. The minimum Gasteiger partial charge on any atom is -0.314 e. The summed E-state index contributed by atoms with van der Waals surface area (Å²) in [6.07, 6.45) is 8.98. The molecule has 3 nitrogen and oxygen atoms in total. The molecule has 3 heteroatoms. The number of hydrogen-bond donors (Lipinski definition) is 1. The number of aryl methyl sites for hydroxylation is 1. The van der Waals surface area contributed by atoms with Crippen LogP contribution >= 0.6 is 0 Å². The van der Waals surface area contributed by atoms with E-state index in [1.807, 2.05) is 6.20 Å². The van der Waals surface area contributed by atoms with Gasteiger partial charge in [-0.2, -0.15) is 0 Å². The van der Waals surface area contributed by atoms with E-state index < -0.39 is 0 Å². The normalized spacial score (nSPS) is 23.6. The van der Waals surface area contributed by atoms with Crippen LogP contribution in [0.25, 0.3) is 0 Å². The summed E-state index contributed by atoms with van der Waals surface area (Å²) in [7, 11) is 0. The van der Waals surface area contributed by atoms with E-state index in [9.17, 15) is 0 Å². The van der Waals surface area contributed by atoms with Crippen LogP contribution in [0.2, 0.25) is 0 Å².